The van der Waals surface area contributed by atoms with Gasteiger partial charge in [0.05, 0.1) is 22.6 Å². The molecule has 3 unspecified atom stereocenters. The lowest BCUT2D eigenvalue weighted by Crippen LogP contribution is -2.57. The molecular formula is C20H24IN7O9. The number of non-ortho nitro benzene ring substituents is 1. The number of nitrogens with zero attached hydrogens (tertiary/aromatic N) is 1. The summed E-state index contributed by atoms with van der Waals surface area (Å²) in [4.78, 5) is 84.1. The summed E-state index contributed by atoms with van der Waals surface area (Å²) in [5, 5.41) is 30.2. The predicted molar refractivity (Wildman–Crippen MR) is 134 cm³/mol. The summed E-state index contributed by atoms with van der Waals surface area (Å²) in [7, 11) is 0. The number of nitrogens with two attached hydrogens (primary N) is 2. The number of nitro groups is 1. The molecule has 0 spiro atoms. The number of aliphatic carboxylic acids is 1. The molecular weight excluding hydrogens is 609 g/mol. The molecule has 1 aromatic carbocycles. The lowest BCUT2D eigenvalue weighted by atomic mass is 10.0. The van der Waals surface area contributed by atoms with Gasteiger partial charge in [0.25, 0.3) is 11.6 Å². The van der Waals surface area contributed by atoms with E-state index in [-0.39, 0.29) is 27.8 Å². The molecule has 0 aliphatic carbocycles. The number of nitro benzene ring substituents is 1. The molecule has 5 amide bonds. The monoisotopic (exact) mass is 633 g/mol. The highest BCUT2D eigenvalue weighted by molar-refractivity contribution is 14.1. The second-order valence-corrected chi connectivity index (χ2v) is 9.14. The van der Waals surface area contributed by atoms with Crippen molar-refractivity contribution < 1.29 is 38.8 Å². The number of anilines is 1. The Morgan fingerprint density at radius 3 is 2.30 bits per heavy atom. The van der Waals surface area contributed by atoms with Crippen LogP contribution in [0.2, 0.25) is 0 Å². The topological polar surface area (TPSA) is 266 Å². The number of carbonyl (C=O) groups is 6. The smallest absolute Gasteiger partial charge is 0.303 e. The Labute approximate surface area is 222 Å². The third-order valence-corrected chi connectivity index (χ3v) is 6.08. The van der Waals surface area contributed by atoms with Crippen LogP contribution in [-0.2, 0) is 24.0 Å². The zero-order valence-corrected chi connectivity index (χ0v) is 21.3. The van der Waals surface area contributed by atoms with E-state index >= 15 is 0 Å². The Morgan fingerprint density at radius 1 is 1.08 bits per heavy atom. The number of nitrogens with one attached hydrogen (secondary N) is 4. The Bertz CT molecular complexity index is 1140. The summed E-state index contributed by atoms with van der Waals surface area (Å²) in [6, 6.07) is -2.18. The first kappa shape index (κ1) is 29.2. The largest absolute Gasteiger partial charge is 0.481 e. The van der Waals surface area contributed by atoms with Crippen molar-refractivity contribution in [1.29, 1.82) is 0 Å². The van der Waals surface area contributed by atoms with Crippen molar-refractivity contribution in [3.63, 3.8) is 0 Å². The van der Waals surface area contributed by atoms with Crippen LogP contribution in [0.5, 0.6) is 0 Å². The van der Waals surface area contributed by atoms with Gasteiger partial charge in [-0.25, -0.2) is 0 Å². The first-order valence-corrected chi connectivity index (χ1v) is 11.8. The zero-order valence-electron chi connectivity index (χ0n) is 19.1. The molecule has 1 heterocycles. The fourth-order valence-corrected chi connectivity index (χ4v) is 4.21. The van der Waals surface area contributed by atoms with Gasteiger partial charge in [-0.2, -0.15) is 0 Å². The Balaban J connectivity index is 2.58. The number of carboxylic acids is 1. The van der Waals surface area contributed by atoms with E-state index in [0.717, 1.165) is 6.07 Å². The van der Waals surface area contributed by atoms with Crippen LogP contribution in [0.3, 0.4) is 0 Å². The maximum Gasteiger partial charge on any atom is 0.303 e. The number of hydrogen-bond acceptors (Lipinski definition) is 9. The lowest BCUT2D eigenvalue weighted by molar-refractivity contribution is -0.385. The van der Waals surface area contributed by atoms with E-state index in [1.54, 1.807) is 22.6 Å². The van der Waals surface area contributed by atoms with Crippen molar-refractivity contribution in [1.82, 2.24) is 16.0 Å². The van der Waals surface area contributed by atoms with Gasteiger partial charge in [-0.1, -0.05) is 0 Å². The van der Waals surface area contributed by atoms with Crippen molar-refractivity contribution in [3.05, 3.63) is 31.4 Å². The van der Waals surface area contributed by atoms with Crippen LogP contribution >= 0.6 is 22.6 Å². The molecule has 0 saturated carbocycles. The molecule has 0 fully saturated rings. The number of fused-ring (bicyclic) bond motifs is 1. The summed E-state index contributed by atoms with van der Waals surface area (Å²) in [6.07, 6.45) is -1.75. The summed E-state index contributed by atoms with van der Waals surface area (Å²) < 4.78 is 0.261. The van der Waals surface area contributed by atoms with E-state index in [4.69, 9.17) is 16.6 Å². The van der Waals surface area contributed by atoms with Crippen LogP contribution < -0.4 is 32.7 Å². The van der Waals surface area contributed by atoms with E-state index in [1.165, 1.54) is 6.07 Å². The zero-order chi connectivity index (χ0) is 27.9. The second kappa shape index (κ2) is 12.8. The van der Waals surface area contributed by atoms with E-state index in [1.807, 2.05) is 0 Å². The first-order valence-electron chi connectivity index (χ1n) is 10.7. The molecule has 0 aromatic heterocycles. The maximum atomic E-state index is 13.2. The molecule has 0 radical (unpaired) electrons. The number of benzene rings is 1. The van der Waals surface area contributed by atoms with Crippen molar-refractivity contribution >= 4 is 69.5 Å². The fraction of sp³-hybridized carbons (Fsp3) is 0.400. The summed E-state index contributed by atoms with van der Waals surface area (Å²) >= 11 is 1.76. The van der Waals surface area contributed by atoms with Crippen LogP contribution in [0.4, 0.5) is 11.4 Å². The predicted octanol–water partition coefficient (Wildman–Crippen LogP) is -1.69. The van der Waals surface area contributed by atoms with Crippen LogP contribution in [0.1, 0.15) is 36.0 Å². The summed E-state index contributed by atoms with van der Waals surface area (Å²) in [6.45, 7) is -0.0305. The molecule has 37 heavy (non-hydrogen) atoms. The van der Waals surface area contributed by atoms with E-state index in [2.05, 4.69) is 21.3 Å². The van der Waals surface area contributed by atoms with Gasteiger partial charge < -0.3 is 37.8 Å². The average molecular weight is 633 g/mol. The minimum Gasteiger partial charge on any atom is -0.481 e. The van der Waals surface area contributed by atoms with Crippen LogP contribution in [0, 0.1) is 13.7 Å². The minimum atomic E-state index is -1.57. The molecule has 1 aliphatic heterocycles. The minimum absolute atomic E-state index is 0.0305. The van der Waals surface area contributed by atoms with Gasteiger partial charge in [0.15, 0.2) is 0 Å². The SMILES string of the molecule is NC(=O)CC1NC(=O)C(CCC(=O)O)NC(=O)c2cc([N+](=O)[O-])cc(I)c2NCCC(C(N)=O)NC1=O. The number of hydrogen-bond donors (Lipinski definition) is 7. The molecule has 1 aliphatic rings. The number of rotatable bonds is 7. The quantitative estimate of drug-likeness (QED) is 0.102. The average Bonchev–Trinajstić information content (AvgIpc) is 2.79. The van der Waals surface area contributed by atoms with E-state index in [9.17, 15) is 38.9 Å². The Kier molecular flexibility index (Phi) is 10.1. The highest BCUT2D eigenvalue weighted by atomic mass is 127. The van der Waals surface area contributed by atoms with Gasteiger partial charge in [-0.3, -0.25) is 38.9 Å². The van der Waals surface area contributed by atoms with Gasteiger partial charge in [0.2, 0.25) is 23.6 Å². The molecule has 3 atom stereocenters. The normalized spacial score (nSPS) is 20.7. The fourth-order valence-electron chi connectivity index (χ4n) is 3.41. The number of carboxylic acid groups (broad SMARTS) is 1. The molecule has 2 rings (SSSR count). The molecule has 0 bridgehead atoms. The number of amides is 5. The van der Waals surface area contributed by atoms with Gasteiger partial charge in [0, 0.05) is 28.7 Å². The highest BCUT2D eigenvalue weighted by Crippen LogP contribution is 2.29. The third-order valence-electron chi connectivity index (χ3n) is 5.23. The molecule has 200 valence electrons. The van der Waals surface area contributed by atoms with Crippen LogP contribution in [0.25, 0.3) is 0 Å². The number of carbonyl (C=O) groups excluding carboxylic acids is 5. The van der Waals surface area contributed by atoms with Crippen LogP contribution in [-0.4, -0.2) is 70.2 Å². The van der Waals surface area contributed by atoms with E-state index < -0.39 is 83.5 Å². The van der Waals surface area contributed by atoms with Crippen molar-refractivity contribution in [2.24, 2.45) is 11.5 Å². The maximum absolute atomic E-state index is 13.2. The molecule has 17 heteroatoms. The standard InChI is InChI=1S/C20H24IN7O9/c21-10-6-8(28(36)37)5-9-16(10)24-4-3-11(17(23)32)25-20(35)13(7-14(22)29)27-19(34)12(26-18(9)33)1-2-15(30)31/h5-6,11-13,24H,1-4,7H2,(H2,22,29)(H2,23,32)(H,25,35)(H,26,33)(H,27,34)(H,30,31). The number of halogens is 1. The molecule has 1 aromatic rings. The van der Waals surface area contributed by atoms with Crippen molar-refractivity contribution in [2.45, 2.75) is 43.8 Å². The van der Waals surface area contributed by atoms with Gasteiger partial charge >= 0.3 is 5.97 Å². The second-order valence-electron chi connectivity index (χ2n) is 7.98. The van der Waals surface area contributed by atoms with Gasteiger partial charge in [-0.05, 0) is 35.4 Å². The van der Waals surface area contributed by atoms with Crippen molar-refractivity contribution in [3.8, 4) is 0 Å². The van der Waals surface area contributed by atoms with Gasteiger partial charge in [0.1, 0.15) is 18.1 Å². The van der Waals surface area contributed by atoms with E-state index in [0.29, 0.717) is 0 Å². The summed E-state index contributed by atoms with van der Waals surface area (Å²) in [5.41, 5.74) is 10.0. The third kappa shape index (κ3) is 8.26. The lowest BCUT2D eigenvalue weighted by Gasteiger charge is -2.25. The van der Waals surface area contributed by atoms with Crippen LogP contribution in [0.15, 0.2) is 12.1 Å². The number of primary amides is 2. The molecule has 0 saturated heterocycles. The first-order chi connectivity index (χ1) is 17.3. The highest BCUT2D eigenvalue weighted by Gasteiger charge is 2.32. The Morgan fingerprint density at radius 2 is 1.73 bits per heavy atom. The molecule has 9 N–H and O–H groups in total. The Hall–Kier alpha value is -4.03. The van der Waals surface area contributed by atoms with Gasteiger partial charge in [-0.15, -0.1) is 0 Å². The summed E-state index contributed by atoms with van der Waals surface area (Å²) in [5.74, 6) is -6.12. The molecule has 16 nitrogen and oxygen atoms in total. The van der Waals surface area contributed by atoms with Crippen molar-refractivity contribution in [2.75, 3.05) is 11.9 Å².